The third-order valence-electron chi connectivity index (χ3n) is 3.81. The first-order valence-corrected chi connectivity index (χ1v) is 8.36. The van der Waals surface area contributed by atoms with Gasteiger partial charge < -0.3 is 25.0 Å². The maximum Gasteiger partial charge on any atom is 0.191 e. The van der Waals surface area contributed by atoms with E-state index < -0.39 is 0 Å². The first-order chi connectivity index (χ1) is 11.6. The molecule has 1 aromatic rings. The van der Waals surface area contributed by atoms with Crippen LogP contribution >= 0.6 is 0 Å². The van der Waals surface area contributed by atoms with Crippen molar-refractivity contribution in [2.75, 3.05) is 61.1 Å². The van der Waals surface area contributed by atoms with Crippen molar-refractivity contribution >= 4 is 5.96 Å². The quantitative estimate of drug-likeness (QED) is 0.498. The first kappa shape index (κ1) is 20.3. The highest BCUT2D eigenvalue weighted by Crippen LogP contribution is 2.19. The van der Waals surface area contributed by atoms with Gasteiger partial charge in [-0.1, -0.05) is 17.7 Å². The van der Waals surface area contributed by atoms with Gasteiger partial charge in [0, 0.05) is 40.3 Å². The summed E-state index contributed by atoms with van der Waals surface area (Å²) in [5.74, 6) is 1.76. The Labute approximate surface area is 146 Å². The molecular formula is C18H32N4O2. The lowest BCUT2D eigenvalue weighted by Crippen LogP contribution is -2.42. The van der Waals surface area contributed by atoms with Gasteiger partial charge in [-0.15, -0.1) is 0 Å². The van der Waals surface area contributed by atoms with Gasteiger partial charge in [0.05, 0.1) is 13.7 Å². The molecule has 0 bridgehead atoms. The molecule has 0 amide bonds. The molecule has 136 valence electrons. The molecule has 0 fully saturated rings. The number of nitrogens with one attached hydrogen (secondary N) is 2. The van der Waals surface area contributed by atoms with E-state index in [2.05, 4.69) is 46.6 Å². The molecule has 0 heterocycles. The molecule has 0 aliphatic heterocycles. The van der Waals surface area contributed by atoms with Gasteiger partial charge >= 0.3 is 0 Å². The molecule has 0 radical (unpaired) electrons. The Morgan fingerprint density at radius 1 is 1.17 bits per heavy atom. The summed E-state index contributed by atoms with van der Waals surface area (Å²) >= 11 is 0. The number of likely N-dealkylation sites (N-methyl/N-ethyl adjacent to an activating group) is 1. The summed E-state index contributed by atoms with van der Waals surface area (Å²) in [7, 11) is 7.31. The Balaban J connectivity index is 2.33. The summed E-state index contributed by atoms with van der Waals surface area (Å²) in [5.41, 5.74) is 2.45. The second-order valence-electron chi connectivity index (χ2n) is 5.79. The molecule has 0 unspecified atom stereocenters. The van der Waals surface area contributed by atoms with Gasteiger partial charge in [0.2, 0.25) is 0 Å². The predicted molar refractivity (Wildman–Crippen MR) is 100 cm³/mol. The Bertz CT molecular complexity index is 506. The Hall–Kier alpha value is -1.79. The summed E-state index contributed by atoms with van der Waals surface area (Å²) < 4.78 is 10.5. The van der Waals surface area contributed by atoms with E-state index in [4.69, 9.17) is 9.47 Å². The zero-order chi connectivity index (χ0) is 17.8. The number of hydrogen-bond acceptors (Lipinski definition) is 4. The predicted octanol–water partition coefficient (Wildman–Crippen LogP) is 1.29. The van der Waals surface area contributed by atoms with Gasteiger partial charge in [-0.05, 0) is 32.0 Å². The standard InChI is InChI=1S/C18H32N4O2/c1-15-6-7-17(24-5)16(14-15)8-9-20-18(19-2)21-10-11-22(3)12-13-23-4/h6-7,14H,8-13H2,1-5H3,(H2,19,20,21). The summed E-state index contributed by atoms with van der Waals surface area (Å²) in [6.45, 7) is 6.36. The fraction of sp³-hybridized carbons (Fsp3) is 0.611. The number of nitrogens with zero attached hydrogens (tertiary/aromatic N) is 2. The molecule has 0 atom stereocenters. The zero-order valence-corrected chi connectivity index (χ0v) is 15.7. The van der Waals surface area contributed by atoms with Gasteiger partial charge in [0.1, 0.15) is 5.75 Å². The van der Waals surface area contributed by atoms with Crippen molar-refractivity contribution in [2.45, 2.75) is 13.3 Å². The van der Waals surface area contributed by atoms with Crippen LogP contribution in [0.5, 0.6) is 5.75 Å². The summed E-state index contributed by atoms with van der Waals surface area (Å²) in [6.07, 6.45) is 0.888. The van der Waals surface area contributed by atoms with E-state index in [0.717, 1.165) is 50.9 Å². The highest BCUT2D eigenvalue weighted by atomic mass is 16.5. The minimum atomic E-state index is 0.752. The maximum absolute atomic E-state index is 5.42. The molecule has 2 N–H and O–H groups in total. The second kappa shape index (κ2) is 11.7. The summed E-state index contributed by atoms with van der Waals surface area (Å²) in [4.78, 5) is 6.48. The molecule has 0 saturated carbocycles. The van der Waals surface area contributed by atoms with Crippen molar-refractivity contribution < 1.29 is 9.47 Å². The minimum absolute atomic E-state index is 0.752. The van der Waals surface area contributed by atoms with Gasteiger partial charge in [0.15, 0.2) is 5.96 Å². The van der Waals surface area contributed by atoms with E-state index in [1.165, 1.54) is 11.1 Å². The van der Waals surface area contributed by atoms with E-state index >= 15 is 0 Å². The third-order valence-corrected chi connectivity index (χ3v) is 3.81. The third kappa shape index (κ3) is 7.66. The van der Waals surface area contributed by atoms with E-state index in [-0.39, 0.29) is 0 Å². The number of ether oxygens (including phenoxy) is 2. The van der Waals surface area contributed by atoms with Crippen LogP contribution in [0.15, 0.2) is 23.2 Å². The van der Waals surface area contributed by atoms with Gasteiger partial charge in [0.25, 0.3) is 0 Å². The lowest BCUT2D eigenvalue weighted by atomic mass is 10.1. The van der Waals surface area contributed by atoms with Crippen LogP contribution in [0.3, 0.4) is 0 Å². The molecule has 0 saturated heterocycles. The fourth-order valence-electron chi connectivity index (χ4n) is 2.36. The Kier molecular flexibility index (Phi) is 9.88. The van der Waals surface area contributed by atoms with Crippen LogP contribution in [0.1, 0.15) is 11.1 Å². The van der Waals surface area contributed by atoms with E-state index in [0.29, 0.717) is 0 Å². The largest absolute Gasteiger partial charge is 0.496 e. The Morgan fingerprint density at radius 3 is 2.58 bits per heavy atom. The number of guanidine groups is 1. The Morgan fingerprint density at radius 2 is 1.92 bits per heavy atom. The highest BCUT2D eigenvalue weighted by molar-refractivity contribution is 5.79. The molecular weight excluding hydrogens is 304 g/mol. The highest BCUT2D eigenvalue weighted by Gasteiger charge is 2.04. The van der Waals surface area contributed by atoms with Crippen LogP contribution in [0.4, 0.5) is 0 Å². The van der Waals surface area contributed by atoms with E-state index in [9.17, 15) is 0 Å². The van der Waals surface area contributed by atoms with Crippen LogP contribution < -0.4 is 15.4 Å². The lowest BCUT2D eigenvalue weighted by molar-refractivity contribution is 0.162. The molecule has 24 heavy (non-hydrogen) atoms. The molecule has 0 aliphatic rings. The SMILES string of the molecule is CN=C(NCCc1cc(C)ccc1OC)NCCN(C)CCOC. The average molecular weight is 336 g/mol. The fourth-order valence-corrected chi connectivity index (χ4v) is 2.36. The number of benzene rings is 1. The van der Waals surface area contributed by atoms with Crippen molar-refractivity contribution in [3.05, 3.63) is 29.3 Å². The van der Waals surface area contributed by atoms with E-state index in [1.807, 2.05) is 6.07 Å². The molecule has 6 nitrogen and oxygen atoms in total. The summed E-state index contributed by atoms with van der Waals surface area (Å²) in [5, 5.41) is 6.67. The lowest BCUT2D eigenvalue weighted by Gasteiger charge is -2.18. The molecule has 0 aromatic heterocycles. The molecule has 0 spiro atoms. The van der Waals surface area contributed by atoms with Crippen molar-refractivity contribution in [2.24, 2.45) is 4.99 Å². The number of rotatable bonds is 10. The van der Waals surface area contributed by atoms with Crippen LogP contribution in [0.2, 0.25) is 0 Å². The first-order valence-electron chi connectivity index (χ1n) is 8.36. The van der Waals surface area contributed by atoms with Gasteiger partial charge in [-0.2, -0.15) is 0 Å². The zero-order valence-electron chi connectivity index (χ0n) is 15.7. The second-order valence-corrected chi connectivity index (χ2v) is 5.79. The number of hydrogen-bond donors (Lipinski definition) is 2. The minimum Gasteiger partial charge on any atom is -0.496 e. The molecule has 1 rings (SSSR count). The van der Waals surface area contributed by atoms with Gasteiger partial charge in [-0.3, -0.25) is 4.99 Å². The monoisotopic (exact) mass is 336 g/mol. The number of methoxy groups -OCH3 is 2. The van der Waals surface area contributed by atoms with Crippen LogP contribution in [-0.2, 0) is 11.2 Å². The number of aliphatic imine (C=N–C) groups is 1. The normalized spacial score (nSPS) is 11.7. The van der Waals surface area contributed by atoms with Crippen molar-refractivity contribution in [3.63, 3.8) is 0 Å². The topological polar surface area (TPSA) is 58.1 Å². The van der Waals surface area contributed by atoms with Crippen LogP contribution in [0.25, 0.3) is 0 Å². The smallest absolute Gasteiger partial charge is 0.191 e. The summed E-state index contributed by atoms with van der Waals surface area (Å²) in [6, 6.07) is 6.26. The maximum atomic E-state index is 5.42. The molecule has 1 aromatic carbocycles. The molecule has 6 heteroatoms. The van der Waals surface area contributed by atoms with Gasteiger partial charge in [-0.25, -0.2) is 0 Å². The van der Waals surface area contributed by atoms with Crippen molar-refractivity contribution in [1.29, 1.82) is 0 Å². The number of aryl methyl sites for hydroxylation is 1. The van der Waals surface area contributed by atoms with Crippen molar-refractivity contribution in [3.8, 4) is 5.75 Å². The average Bonchev–Trinajstić information content (AvgIpc) is 2.58. The molecule has 0 aliphatic carbocycles. The van der Waals surface area contributed by atoms with E-state index in [1.54, 1.807) is 21.3 Å². The van der Waals surface area contributed by atoms with Crippen molar-refractivity contribution in [1.82, 2.24) is 15.5 Å². The van der Waals surface area contributed by atoms with Crippen LogP contribution in [-0.4, -0.2) is 72.0 Å². The van der Waals surface area contributed by atoms with Crippen LogP contribution in [0, 0.1) is 6.92 Å².